The maximum atomic E-state index is 12.9. The molecule has 6 nitrogen and oxygen atoms in total. The Balaban J connectivity index is 4.20. The molecule has 1 atom stereocenters. The molecule has 0 aromatic heterocycles. The molecule has 6 heteroatoms. The number of rotatable bonds is 65. The van der Waals surface area contributed by atoms with Gasteiger partial charge in [-0.05, 0) is 109 Å². The first-order valence-corrected chi connectivity index (χ1v) is 35.4. The van der Waals surface area contributed by atoms with E-state index in [1.807, 2.05) is 0 Å². The predicted octanol–water partition coefficient (Wildman–Crippen LogP) is 24.4. The summed E-state index contributed by atoms with van der Waals surface area (Å²) in [5, 5.41) is 0. The lowest BCUT2D eigenvalue weighted by molar-refractivity contribution is -0.167. The first kappa shape index (κ1) is 77.9. The van der Waals surface area contributed by atoms with Crippen LogP contribution in [0.2, 0.25) is 0 Å². The zero-order valence-corrected chi connectivity index (χ0v) is 54.1. The fraction of sp³-hybridized carbons (Fsp3) is 0.800. The third-order valence-corrected chi connectivity index (χ3v) is 15.7. The van der Waals surface area contributed by atoms with Crippen molar-refractivity contribution in [3.8, 4) is 0 Å². The first-order chi connectivity index (χ1) is 40.0. The van der Waals surface area contributed by atoms with Gasteiger partial charge in [-0.3, -0.25) is 14.4 Å². The SMILES string of the molecule is CCCC/C=C\C/C=C\CCCCCCCC(=O)OCC(COC(=O)CCCCCCCCCCCCCCCCCCCCC/C=C\C/C=C\CCCCCCC)OC(=O)CCCCCCCCC/C=C\C/C=C\CCCCCC. The summed E-state index contributed by atoms with van der Waals surface area (Å²) in [5.41, 5.74) is 0. The molecular weight excluding hydrogens is 997 g/mol. The second-order valence-corrected chi connectivity index (χ2v) is 23.8. The molecule has 0 radical (unpaired) electrons. The lowest BCUT2D eigenvalue weighted by atomic mass is 10.0. The van der Waals surface area contributed by atoms with E-state index in [-0.39, 0.29) is 31.1 Å². The Kier molecular flexibility index (Phi) is 66.6. The van der Waals surface area contributed by atoms with Crippen LogP contribution >= 0.6 is 0 Å². The molecule has 0 fully saturated rings. The van der Waals surface area contributed by atoms with E-state index in [0.29, 0.717) is 19.3 Å². The molecule has 0 N–H and O–H groups in total. The van der Waals surface area contributed by atoms with Crippen molar-refractivity contribution in [2.24, 2.45) is 0 Å². The summed E-state index contributed by atoms with van der Waals surface area (Å²) in [4.78, 5) is 38.4. The summed E-state index contributed by atoms with van der Waals surface area (Å²) in [5.74, 6) is -0.883. The van der Waals surface area contributed by atoms with Crippen molar-refractivity contribution < 1.29 is 28.6 Å². The van der Waals surface area contributed by atoms with Gasteiger partial charge >= 0.3 is 17.9 Å². The fourth-order valence-electron chi connectivity index (χ4n) is 10.3. The highest BCUT2D eigenvalue weighted by Gasteiger charge is 2.19. The summed E-state index contributed by atoms with van der Waals surface area (Å²) >= 11 is 0. The second kappa shape index (κ2) is 69.3. The summed E-state index contributed by atoms with van der Waals surface area (Å²) < 4.78 is 17.0. The molecule has 0 aromatic carbocycles. The van der Waals surface area contributed by atoms with Gasteiger partial charge in [0.1, 0.15) is 13.2 Å². The normalized spacial score (nSPS) is 12.5. The molecule has 0 heterocycles. The highest BCUT2D eigenvalue weighted by atomic mass is 16.6. The maximum Gasteiger partial charge on any atom is 0.306 e. The summed E-state index contributed by atoms with van der Waals surface area (Å²) in [7, 11) is 0. The van der Waals surface area contributed by atoms with E-state index in [9.17, 15) is 14.4 Å². The van der Waals surface area contributed by atoms with Gasteiger partial charge in [-0.25, -0.2) is 0 Å². The van der Waals surface area contributed by atoms with Gasteiger partial charge < -0.3 is 14.2 Å². The largest absolute Gasteiger partial charge is 0.462 e. The molecule has 470 valence electrons. The molecule has 1 unspecified atom stereocenters. The van der Waals surface area contributed by atoms with Gasteiger partial charge in [-0.1, -0.05) is 312 Å². The quantitative estimate of drug-likeness (QED) is 0.0261. The number of unbranched alkanes of at least 4 members (excludes halogenated alkanes) is 42. The minimum absolute atomic E-state index is 0.0801. The standard InChI is InChI=1S/C75H134O6/c1-4-7-10-13-16-19-22-25-28-30-32-33-34-35-36-37-38-39-40-41-42-43-44-46-47-50-53-56-59-62-65-68-74(77)80-71-72(70-79-73(76)67-64-61-58-55-52-49-27-24-21-18-15-12-9-6-3)81-75(78)69-66-63-60-57-54-51-48-45-31-29-26-23-20-17-14-11-8-5-2/h15,18,20,22-25,27,29-32,72H,4-14,16-17,19,21,26,28,33-71H2,1-3H3/b18-15-,23-20-,25-22-,27-24-,31-29-,32-30-. The zero-order valence-electron chi connectivity index (χ0n) is 54.1. The van der Waals surface area contributed by atoms with Crippen LogP contribution in [-0.4, -0.2) is 37.2 Å². The predicted molar refractivity (Wildman–Crippen MR) is 353 cm³/mol. The van der Waals surface area contributed by atoms with E-state index in [1.54, 1.807) is 0 Å². The van der Waals surface area contributed by atoms with Gasteiger partial charge in [0.25, 0.3) is 0 Å². The zero-order chi connectivity index (χ0) is 58.5. The van der Waals surface area contributed by atoms with Crippen molar-refractivity contribution in [1.29, 1.82) is 0 Å². The minimum Gasteiger partial charge on any atom is -0.462 e. The highest BCUT2D eigenvalue weighted by molar-refractivity contribution is 5.71. The average molecular weight is 1130 g/mol. The Labute approximate surface area is 503 Å². The Hall–Kier alpha value is -3.15. The van der Waals surface area contributed by atoms with Crippen LogP contribution in [0.1, 0.15) is 367 Å². The summed E-state index contributed by atoms with van der Waals surface area (Å²) in [6, 6.07) is 0. The molecule has 81 heavy (non-hydrogen) atoms. The number of allylic oxidation sites excluding steroid dienone is 12. The Morgan fingerprint density at radius 3 is 0.728 bits per heavy atom. The number of hydrogen-bond acceptors (Lipinski definition) is 6. The van der Waals surface area contributed by atoms with Gasteiger partial charge in [0.15, 0.2) is 6.10 Å². The fourth-order valence-corrected chi connectivity index (χ4v) is 10.3. The number of esters is 3. The van der Waals surface area contributed by atoms with Crippen molar-refractivity contribution in [3.05, 3.63) is 72.9 Å². The number of ether oxygens (including phenoxy) is 3. The van der Waals surface area contributed by atoms with Crippen LogP contribution in [0.25, 0.3) is 0 Å². The van der Waals surface area contributed by atoms with Crippen LogP contribution in [0.15, 0.2) is 72.9 Å². The van der Waals surface area contributed by atoms with Gasteiger partial charge in [-0.15, -0.1) is 0 Å². The highest BCUT2D eigenvalue weighted by Crippen LogP contribution is 2.17. The molecule has 0 aromatic rings. The third kappa shape index (κ3) is 67.5. The Morgan fingerprint density at radius 2 is 0.457 bits per heavy atom. The molecular formula is C75H134O6. The van der Waals surface area contributed by atoms with Crippen molar-refractivity contribution in [1.82, 2.24) is 0 Å². The Morgan fingerprint density at radius 1 is 0.247 bits per heavy atom. The summed E-state index contributed by atoms with van der Waals surface area (Å²) in [6.07, 6.45) is 90.8. The molecule has 0 rings (SSSR count). The van der Waals surface area contributed by atoms with E-state index < -0.39 is 6.10 Å². The molecule has 0 aliphatic heterocycles. The summed E-state index contributed by atoms with van der Waals surface area (Å²) in [6.45, 7) is 6.60. The molecule has 0 amide bonds. The lowest BCUT2D eigenvalue weighted by Crippen LogP contribution is -2.30. The Bertz CT molecular complexity index is 1490. The van der Waals surface area contributed by atoms with E-state index in [0.717, 1.165) is 96.3 Å². The topological polar surface area (TPSA) is 78.9 Å². The van der Waals surface area contributed by atoms with E-state index in [4.69, 9.17) is 14.2 Å². The molecule has 0 spiro atoms. The lowest BCUT2D eigenvalue weighted by Gasteiger charge is -2.18. The minimum atomic E-state index is -0.786. The molecule has 0 bridgehead atoms. The average Bonchev–Trinajstić information content (AvgIpc) is 3.47. The number of carbonyl (C=O) groups excluding carboxylic acids is 3. The molecule has 0 aliphatic carbocycles. The van der Waals surface area contributed by atoms with Crippen LogP contribution in [0.3, 0.4) is 0 Å². The van der Waals surface area contributed by atoms with Crippen molar-refractivity contribution in [3.63, 3.8) is 0 Å². The van der Waals surface area contributed by atoms with Crippen LogP contribution < -0.4 is 0 Å². The monoisotopic (exact) mass is 1130 g/mol. The molecule has 0 aliphatic rings. The van der Waals surface area contributed by atoms with Crippen molar-refractivity contribution >= 4 is 17.9 Å². The smallest absolute Gasteiger partial charge is 0.306 e. The third-order valence-electron chi connectivity index (χ3n) is 15.7. The van der Waals surface area contributed by atoms with Gasteiger partial charge in [0, 0.05) is 19.3 Å². The second-order valence-electron chi connectivity index (χ2n) is 23.8. The van der Waals surface area contributed by atoms with Crippen LogP contribution in [0.5, 0.6) is 0 Å². The van der Waals surface area contributed by atoms with E-state index in [2.05, 4.69) is 93.7 Å². The number of hydrogen-bond donors (Lipinski definition) is 0. The first-order valence-electron chi connectivity index (χ1n) is 35.4. The molecule has 0 saturated carbocycles. The van der Waals surface area contributed by atoms with E-state index in [1.165, 1.54) is 231 Å². The number of carbonyl (C=O) groups is 3. The van der Waals surface area contributed by atoms with Gasteiger partial charge in [0.2, 0.25) is 0 Å². The maximum absolute atomic E-state index is 12.9. The van der Waals surface area contributed by atoms with Crippen LogP contribution in [-0.2, 0) is 28.6 Å². The van der Waals surface area contributed by atoms with E-state index >= 15 is 0 Å². The van der Waals surface area contributed by atoms with Crippen molar-refractivity contribution in [2.75, 3.05) is 13.2 Å². The van der Waals surface area contributed by atoms with Crippen LogP contribution in [0, 0.1) is 0 Å². The van der Waals surface area contributed by atoms with Gasteiger partial charge in [0.05, 0.1) is 0 Å². The van der Waals surface area contributed by atoms with Crippen molar-refractivity contribution in [2.45, 2.75) is 374 Å². The molecule has 0 saturated heterocycles. The van der Waals surface area contributed by atoms with Crippen LogP contribution in [0.4, 0.5) is 0 Å². The van der Waals surface area contributed by atoms with Gasteiger partial charge in [-0.2, -0.15) is 0 Å².